The summed E-state index contributed by atoms with van der Waals surface area (Å²) in [5, 5.41) is 10.6. The lowest BCUT2D eigenvalue weighted by atomic mass is 9.84. The smallest absolute Gasteiger partial charge is 0.309 e. The topological polar surface area (TPSA) is 46.5 Å². The zero-order valence-electron chi connectivity index (χ0n) is 14.5. The third-order valence-electron chi connectivity index (χ3n) is 4.90. The van der Waals surface area contributed by atoms with Crippen molar-refractivity contribution in [2.75, 3.05) is 6.61 Å². The second-order valence-electron chi connectivity index (χ2n) is 6.92. The average Bonchev–Trinajstić information content (AvgIpc) is 2.47. The molecule has 0 amide bonds. The van der Waals surface area contributed by atoms with Crippen molar-refractivity contribution in [2.24, 2.45) is 0 Å². The number of rotatable bonds is 5. The van der Waals surface area contributed by atoms with Crippen LogP contribution in [0.5, 0.6) is 0 Å². The van der Waals surface area contributed by atoms with Gasteiger partial charge in [-0.15, -0.1) is 0 Å². The standard InChI is InChI=1S/C20H30O3/c1-3-23-19(21)15-20(2,22)18-13-11-17(12-14-18)16-9-7-5-4-6-8-10-16/h11-14,16,22H,3-10,15H2,1-2H3. The van der Waals surface area contributed by atoms with E-state index >= 15 is 0 Å². The van der Waals surface area contributed by atoms with Crippen molar-refractivity contribution in [1.82, 2.24) is 0 Å². The molecule has 1 atom stereocenters. The number of hydrogen-bond donors (Lipinski definition) is 1. The summed E-state index contributed by atoms with van der Waals surface area (Å²) >= 11 is 0. The van der Waals surface area contributed by atoms with Crippen LogP contribution in [0.15, 0.2) is 24.3 Å². The maximum Gasteiger partial charge on any atom is 0.309 e. The second kappa shape index (κ2) is 8.49. The van der Waals surface area contributed by atoms with Crippen molar-refractivity contribution >= 4 is 5.97 Å². The average molecular weight is 318 g/mol. The van der Waals surface area contributed by atoms with Crippen LogP contribution in [0.4, 0.5) is 0 Å². The van der Waals surface area contributed by atoms with Crippen molar-refractivity contribution in [1.29, 1.82) is 0 Å². The Kier molecular flexibility index (Phi) is 6.64. The summed E-state index contributed by atoms with van der Waals surface area (Å²) in [6.07, 6.45) is 9.22. The SMILES string of the molecule is CCOC(=O)CC(C)(O)c1ccc(C2CCCCCCC2)cc1. The van der Waals surface area contributed by atoms with Gasteiger partial charge in [-0.05, 0) is 43.7 Å². The van der Waals surface area contributed by atoms with Crippen LogP contribution in [-0.2, 0) is 15.1 Å². The van der Waals surface area contributed by atoms with Crippen molar-refractivity contribution in [3.05, 3.63) is 35.4 Å². The summed E-state index contributed by atoms with van der Waals surface area (Å²) < 4.78 is 4.94. The first-order valence-corrected chi connectivity index (χ1v) is 9.01. The molecule has 0 heterocycles. The molecule has 23 heavy (non-hydrogen) atoms. The molecular formula is C20H30O3. The number of ether oxygens (including phenoxy) is 1. The number of hydrogen-bond acceptors (Lipinski definition) is 3. The zero-order chi connectivity index (χ0) is 16.7. The molecule has 1 aromatic carbocycles. The van der Waals surface area contributed by atoms with Crippen LogP contribution in [0.1, 0.15) is 82.3 Å². The van der Waals surface area contributed by atoms with Gasteiger partial charge in [0.05, 0.1) is 18.6 Å². The second-order valence-corrected chi connectivity index (χ2v) is 6.92. The van der Waals surface area contributed by atoms with Crippen LogP contribution < -0.4 is 0 Å². The van der Waals surface area contributed by atoms with Crippen molar-refractivity contribution in [2.45, 2.75) is 76.7 Å². The molecule has 1 aromatic rings. The Hall–Kier alpha value is -1.35. The Bertz CT molecular complexity index is 482. The van der Waals surface area contributed by atoms with E-state index < -0.39 is 5.60 Å². The first kappa shape index (κ1) is 18.0. The van der Waals surface area contributed by atoms with Gasteiger partial charge in [-0.25, -0.2) is 0 Å². The molecular weight excluding hydrogens is 288 g/mol. The van der Waals surface area contributed by atoms with E-state index in [0.717, 1.165) is 5.56 Å². The molecule has 1 N–H and O–H groups in total. The Balaban J connectivity index is 2.03. The summed E-state index contributed by atoms with van der Waals surface area (Å²) in [4.78, 5) is 11.6. The highest BCUT2D eigenvalue weighted by Gasteiger charge is 2.27. The van der Waals surface area contributed by atoms with Crippen LogP contribution in [0.3, 0.4) is 0 Å². The summed E-state index contributed by atoms with van der Waals surface area (Å²) in [7, 11) is 0. The fourth-order valence-electron chi connectivity index (χ4n) is 3.50. The van der Waals surface area contributed by atoms with E-state index in [4.69, 9.17) is 4.74 Å². The van der Waals surface area contributed by atoms with Crippen molar-refractivity contribution in [3.63, 3.8) is 0 Å². The minimum Gasteiger partial charge on any atom is -0.466 e. The molecule has 1 unspecified atom stereocenters. The fraction of sp³-hybridized carbons (Fsp3) is 0.650. The Labute approximate surface area is 140 Å². The number of esters is 1. The van der Waals surface area contributed by atoms with E-state index in [2.05, 4.69) is 12.1 Å². The van der Waals surface area contributed by atoms with Gasteiger partial charge in [-0.3, -0.25) is 4.79 Å². The minimum absolute atomic E-state index is 0.0103. The quantitative estimate of drug-likeness (QED) is 0.802. The van der Waals surface area contributed by atoms with Gasteiger partial charge < -0.3 is 9.84 Å². The van der Waals surface area contributed by atoms with Crippen LogP contribution in [0, 0.1) is 0 Å². The van der Waals surface area contributed by atoms with E-state index in [1.807, 2.05) is 12.1 Å². The predicted molar refractivity (Wildman–Crippen MR) is 92.3 cm³/mol. The zero-order valence-corrected chi connectivity index (χ0v) is 14.5. The molecule has 0 spiro atoms. The van der Waals surface area contributed by atoms with Gasteiger partial charge in [-0.2, -0.15) is 0 Å². The monoisotopic (exact) mass is 318 g/mol. The molecule has 0 aromatic heterocycles. The Morgan fingerprint density at radius 3 is 2.26 bits per heavy atom. The predicted octanol–water partition coefficient (Wildman–Crippen LogP) is 4.68. The molecule has 1 aliphatic carbocycles. The van der Waals surface area contributed by atoms with Gasteiger partial charge >= 0.3 is 5.97 Å². The summed E-state index contributed by atoms with van der Waals surface area (Å²) in [5.74, 6) is 0.279. The van der Waals surface area contributed by atoms with Gasteiger partial charge in [0, 0.05) is 0 Å². The normalized spacial score (nSPS) is 19.4. The molecule has 1 aliphatic rings. The van der Waals surface area contributed by atoms with E-state index in [0.29, 0.717) is 12.5 Å². The summed E-state index contributed by atoms with van der Waals surface area (Å²) in [6.45, 7) is 3.79. The number of benzene rings is 1. The molecule has 128 valence electrons. The van der Waals surface area contributed by atoms with Crippen LogP contribution in [-0.4, -0.2) is 17.7 Å². The first-order chi connectivity index (χ1) is 11.0. The van der Waals surface area contributed by atoms with E-state index in [1.165, 1.54) is 50.5 Å². The molecule has 1 saturated carbocycles. The van der Waals surface area contributed by atoms with Gasteiger partial charge in [0.2, 0.25) is 0 Å². The lowest BCUT2D eigenvalue weighted by Crippen LogP contribution is -2.26. The van der Waals surface area contributed by atoms with E-state index in [9.17, 15) is 9.90 Å². The number of aliphatic hydroxyl groups is 1. The molecule has 0 aliphatic heterocycles. The van der Waals surface area contributed by atoms with E-state index in [-0.39, 0.29) is 12.4 Å². The van der Waals surface area contributed by atoms with Gasteiger partial charge in [0.1, 0.15) is 0 Å². The molecule has 0 saturated heterocycles. The maximum atomic E-state index is 11.6. The Morgan fingerprint density at radius 2 is 1.70 bits per heavy atom. The number of carbonyl (C=O) groups excluding carboxylic acids is 1. The highest BCUT2D eigenvalue weighted by molar-refractivity contribution is 5.71. The molecule has 3 heteroatoms. The van der Waals surface area contributed by atoms with Gasteiger partial charge in [0.25, 0.3) is 0 Å². The highest BCUT2D eigenvalue weighted by atomic mass is 16.5. The summed E-state index contributed by atoms with van der Waals surface area (Å²) in [6, 6.07) is 8.18. The maximum absolute atomic E-state index is 11.6. The third-order valence-corrected chi connectivity index (χ3v) is 4.90. The molecule has 1 fully saturated rings. The Morgan fingerprint density at radius 1 is 1.13 bits per heavy atom. The molecule has 0 radical (unpaired) electrons. The molecule has 0 bridgehead atoms. The van der Waals surface area contributed by atoms with Crippen LogP contribution in [0.25, 0.3) is 0 Å². The number of carbonyl (C=O) groups is 1. The molecule has 3 nitrogen and oxygen atoms in total. The summed E-state index contributed by atoms with van der Waals surface area (Å²) in [5.41, 5.74) is 0.967. The van der Waals surface area contributed by atoms with E-state index in [1.54, 1.807) is 13.8 Å². The minimum atomic E-state index is -1.17. The van der Waals surface area contributed by atoms with Crippen LogP contribution >= 0.6 is 0 Å². The lowest BCUT2D eigenvalue weighted by Gasteiger charge is -2.24. The molecule has 2 rings (SSSR count). The van der Waals surface area contributed by atoms with Crippen LogP contribution in [0.2, 0.25) is 0 Å². The van der Waals surface area contributed by atoms with Gasteiger partial charge in [-0.1, -0.05) is 56.4 Å². The fourth-order valence-corrected chi connectivity index (χ4v) is 3.50. The van der Waals surface area contributed by atoms with Crippen molar-refractivity contribution in [3.8, 4) is 0 Å². The third kappa shape index (κ3) is 5.35. The largest absolute Gasteiger partial charge is 0.466 e. The highest BCUT2D eigenvalue weighted by Crippen LogP contribution is 2.32. The van der Waals surface area contributed by atoms with Gasteiger partial charge in [0.15, 0.2) is 0 Å². The van der Waals surface area contributed by atoms with Crippen molar-refractivity contribution < 1.29 is 14.6 Å². The first-order valence-electron chi connectivity index (χ1n) is 9.01. The lowest BCUT2D eigenvalue weighted by molar-refractivity contribution is -0.148.